The van der Waals surface area contributed by atoms with E-state index >= 15 is 0 Å². The Balaban J connectivity index is 1.35. The topological polar surface area (TPSA) is 466 Å². The highest BCUT2D eigenvalue weighted by molar-refractivity contribution is 7.87. The first kappa shape index (κ1) is 51.1. The zero-order valence-electron chi connectivity index (χ0n) is 34.7. The summed E-state index contributed by atoms with van der Waals surface area (Å²) < 4.78 is 178. The molecular weight excluding hydrogens is 1050 g/mol. The zero-order valence-corrected chi connectivity index (χ0v) is 38.7. The summed E-state index contributed by atoms with van der Waals surface area (Å²) in [7, 11) is -24.8. The number of anilines is 1. The Morgan fingerprint density at radius 1 is 0.592 bits per heavy atom. The van der Waals surface area contributed by atoms with Gasteiger partial charge in [-0.2, -0.15) is 62.4 Å². The Labute approximate surface area is 397 Å². The summed E-state index contributed by atoms with van der Waals surface area (Å²) in [6, 6.07) is 9.97. The third-order valence-corrected chi connectivity index (χ3v) is 14.2. The van der Waals surface area contributed by atoms with Gasteiger partial charge in [-0.15, -0.1) is 20.5 Å². The average molecular weight is 1080 g/mol. The number of phenols is 2. The average Bonchev–Trinajstić information content (AvgIpc) is 3.61. The first-order valence-corrected chi connectivity index (χ1v) is 25.8. The first-order chi connectivity index (χ1) is 32.9. The summed E-state index contributed by atoms with van der Waals surface area (Å²) in [5.74, 6) is -5.32. The molecule has 1 atom stereocenters. The van der Waals surface area contributed by atoms with Crippen molar-refractivity contribution < 1.29 is 94.5 Å². The fourth-order valence-electron chi connectivity index (χ4n) is 6.64. The minimum Gasteiger partial charge on any atom is -0.507 e. The van der Waals surface area contributed by atoms with Crippen molar-refractivity contribution in [3.8, 4) is 17.2 Å². The van der Waals surface area contributed by atoms with Crippen LogP contribution < -0.4 is 9.75 Å². The van der Waals surface area contributed by atoms with Gasteiger partial charge >= 0.3 is 5.97 Å². The van der Waals surface area contributed by atoms with Crippen molar-refractivity contribution in [1.29, 1.82) is 0 Å². The molecule has 370 valence electrons. The van der Waals surface area contributed by atoms with Crippen LogP contribution in [0.2, 0.25) is 0 Å². The minimum absolute atomic E-state index is 0.0120. The number of carbonyl (C=O) groups excluding carboxylic acids is 1. The predicted octanol–water partition coefficient (Wildman–Crippen LogP) is 5.42. The van der Waals surface area contributed by atoms with Crippen LogP contribution in [0, 0.1) is 0 Å². The fraction of sp³-hybridized carbons (Fsp3) is 0.0541. The number of nitrogens with zero attached hydrogens (tertiary/aromatic N) is 8. The van der Waals surface area contributed by atoms with Gasteiger partial charge in [0.2, 0.25) is 6.04 Å². The largest absolute Gasteiger partial charge is 0.507 e. The molecular formula is C37H26N8O21S5. The number of hydrogen-bond acceptors (Lipinski definition) is 22. The van der Waals surface area contributed by atoms with Gasteiger partial charge in [0.1, 0.15) is 43.2 Å². The van der Waals surface area contributed by atoms with Gasteiger partial charge in [-0.3, -0.25) is 27.6 Å². The van der Waals surface area contributed by atoms with E-state index in [4.69, 9.17) is 4.74 Å². The number of ether oxygens (including phenoxy) is 1. The van der Waals surface area contributed by atoms with Crippen LogP contribution in [0.5, 0.6) is 17.2 Å². The van der Waals surface area contributed by atoms with E-state index in [1.54, 1.807) is 0 Å². The Kier molecular flexibility index (Phi) is 13.1. The number of phenolic OH excluding ortho intramolecular Hbond substituents is 2. The van der Waals surface area contributed by atoms with Gasteiger partial charge in [0.25, 0.3) is 56.5 Å². The molecule has 0 fully saturated rings. The molecule has 0 bridgehead atoms. The monoisotopic (exact) mass is 1080 g/mol. The molecule has 0 saturated carbocycles. The fourth-order valence-corrected chi connectivity index (χ4v) is 9.76. The van der Waals surface area contributed by atoms with Crippen molar-refractivity contribution in [3.05, 3.63) is 84.9 Å². The van der Waals surface area contributed by atoms with E-state index in [0.717, 1.165) is 66.7 Å². The number of aliphatic carboxylic acids is 1. The van der Waals surface area contributed by atoms with E-state index in [9.17, 15) is 89.8 Å². The van der Waals surface area contributed by atoms with E-state index in [2.05, 4.69) is 35.8 Å². The number of benzene rings is 6. The number of hydrazone groups is 1. The van der Waals surface area contributed by atoms with Crippen molar-refractivity contribution in [2.24, 2.45) is 35.8 Å². The van der Waals surface area contributed by atoms with Crippen molar-refractivity contribution in [3.63, 3.8) is 0 Å². The van der Waals surface area contributed by atoms with Crippen molar-refractivity contribution in [2.45, 2.75) is 30.5 Å². The Bertz CT molecular complexity index is 4040. The van der Waals surface area contributed by atoms with Crippen LogP contribution >= 0.6 is 0 Å². The molecule has 71 heavy (non-hydrogen) atoms. The molecule has 1 aliphatic rings. The Morgan fingerprint density at radius 3 is 1.75 bits per heavy atom. The second-order valence-electron chi connectivity index (χ2n) is 14.2. The zero-order chi connectivity index (χ0) is 52.3. The van der Waals surface area contributed by atoms with Gasteiger partial charge in [0.15, 0.2) is 11.5 Å². The summed E-state index contributed by atoms with van der Waals surface area (Å²) in [5.41, 5.74) is -4.65. The quantitative estimate of drug-likeness (QED) is 0.0498. The van der Waals surface area contributed by atoms with Crippen molar-refractivity contribution in [1.82, 2.24) is 0 Å². The molecule has 1 heterocycles. The summed E-state index contributed by atoms with van der Waals surface area (Å²) in [6.07, 6.45) is 0. The van der Waals surface area contributed by atoms with Gasteiger partial charge in [-0.05, 0) is 72.8 Å². The number of carbonyl (C=O) groups is 2. The maximum Gasteiger partial charge on any atom is 0.355 e. The molecule has 0 aliphatic carbocycles. The highest BCUT2D eigenvalue weighted by Crippen LogP contribution is 2.47. The van der Waals surface area contributed by atoms with E-state index in [1.807, 2.05) is 0 Å². The van der Waals surface area contributed by atoms with E-state index < -0.39 is 154 Å². The van der Waals surface area contributed by atoms with Crippen LogP contribution in [0.25, 0.3) is 21.5 Å². The molecule has 6 aromatic rings. The lowest BCUT2D eigenvalue weighted by molar-refractivity contribution is -0.130. The number of amides is 1. The standard InChI is InChI=1S/C37H26N8O21S5/c1-66-17-4-8-24(28(12-17)69(57,58)59)39-40-25-11-10-23(22-13-19(68(54,55)56)14-27(46)30(22)25)38-42-31-29(70(60,61)62)15-21-20(34(31)47)7-9-26(35(21)71(63,64)65)41-43-32-33(37(49)50)44-45(36(32)48)16-2-5-18(6-3-16)67(51,52)53/h2-15,32,46-47H,1H3,(H,49,50)(H,51,52,53)(H,54,55,56)(H,57,58,59)(H,60,61,62)(H,63,64,65). The van der Waals surface area contributed by atoms with E-state index in [1.165, 1.54) is 13.2 Å². The maximum absolute atomic E-state index is 13.4. The van der Waals surface area contributed by atoms with E-state index in [0.29, 0.717) is 17.1 Å². The molecule has 1 amide bonds. The second kappa shape index (κ2) is 18.2. The molecule has 8 N–H and O–H groups in total. The molecule has 1 aliphatic heterocycles. The molecule has 6 aromatic carbocycles. The predicted molar refractivity (Wildman–Crippen MR) is 239 cm³/mol. The molecule has 7 rings (SSSR count). The molecule has 34 heteroatoms. The number of hydrogen-bond donors (Lipinski definition) is 8. The number of methoxy groups -OCH3 is 1. The lowest BCUT2D eigenvalue weighted by atomic mass is 10.1. The normalized spacial score (nSPS) is 15.2. The first-order valence-electron chi connectivity index (χ1n) is 18.6. The second-order valence-corrected chi connectivity index (χ2v) is 21.2. The number of aromatic hydroxyl groups is 2. The molecule has 0 aromatic heterocycles. The Hall–Kier alpha value is -7.80. The third-order valence-electron chi connectivity index (χ3n) is 9.78. The van der Waals surface area contributed by atoms with Gasteiger partial charge in [-0.1, -0.05) is 0 Å². The van der Waals surface area contributed by atoms with Gasteiger partial charge < -0.3 is 20.1 Å². The Morgan fingerprint density at radius 2 is 1.17 bits per heavy atom. The van der Waals surface area contributed by atoms with Crippen LogP contribution in [0.4, 0.5) is 34.1 Å². The van der Waals surface area contributed by atoms with Crippen LogP contribution in [-0.4, -0.2) is 111 Å². The number of carboxylic acid groups (broad SMARTS) is 1. The van der Waals surface area contributed by atoms with Gasteiger partial charge in [0.05, 0.1) is 39.3 Å². The molecule has 0 saturated heterocycles. The summed E-state index contributed by atoms with van der Waals surface area (Å²) >= 11 is 0. The molecule has 1 unspecified atom stereocenters. The number of rotatable bonds is 14. The van der Waals surface area contributed by atoms with Crippen LogP contribution in [0.3, 0.4) is 0 Å². The number of fused-ring (bicyclic) bond motifs is 2. The van der Waals surface area contributed by atoms with Gasteiger partial charge in [0, 0.05) is 28.3 Å². The van der Waals surface area contributed by atoms with Crippen molar-refractivity contribution in [2.75, 3.05) is 12.1 Å². The maximum atomic E-state index is 13.4. The van der Waals surface area contributed by atoms with Crippen LogP contribution in [0.15, 0.2) is 145 Å². The molecule has 29 nitrogen and oxygen atoms in total. The van der Waals surface area contributed by atoms with Crippen LogP contribution in [-0.2, 0) is 60.2 Å². The SMILES string of the molecule is COc1ccc(N=Nc2ccc(N=Nc3c(S(=O)(=O)O)cc4c(S(=O)(=O)O)c(N=NC5C(=O)N(c6ccc(S(=O)(=O)O)cc6)N=C5C(=O)O)ccc4c3O)c3cc(S(=O)(=O)O)cc(O)c23)c(S(=O)(=O)O)c1. The number of azo groups is 3. The molecule has 0 radical (unpaired) electrons. The van der Waals surface area contributed by atoms with Gasteiger partial charge in [-0.25, -0.2) is 4.79 Å². The summed E-state index contributed by atoms with van der Waals surface area (Å²) in [5, 5.41) is 56.3. The summed E-state index contributed by atoms with van der Waals surface area (Å²) in [4.78, 5) is 20.3. The number of carboxylic acids is 1. The van der Waals surface area contributed by atoms with Crippen LogP contribution in [0.1, 0.15) is 0 Å². The molecule has 0 spiro atoms. The smallest absolute Gasteiger partial charge is 0.355 e. The highest BCUT2D eigenvalue weighted by Gasteiger charge is 2.41. The van der Waals surface area contributed by atoms with Crippen molar-refractivity contribution >= 4 is 124 Å². The third kappa shape index (κ3) is 10.3. The van der Waals surface area contributed by atoms with E-state index in [-0.39, 0.29) is 17.1 Å². The minimum atomic E-state index is -5.63. The highest BCUT2D eigenvalue weighted by atomic mass is 32.2. The lowest BCUT2D eigenvalue weighted by Crippen LogP contribution is -2.33. The lowest BCUT2D eigenvalue weighted by Gasteiger charge is -2.13. The summed E-state index contributed by atoms with van der Waals surface area (Å²) in [6.45, 7) is 0.